The van der Waals surface area contributed by atoms with Crippen molar-refractivity contribution >= 4 is 11.3 Å². The number of rotatable bonds is 4. The van der Waals surface area contributed by atoms with Gasteiger partial charge in [0, 0.05) is 11.9 Å². The van der Waals surface area contributed by atoms with Gasteiger partial charge in [-0.2, -0.15) is 0 Å². The van der Waals surface area contributed by atoms with Gasteiger partial charge >= 0.3 is 0 Å². The second-order valence-electron chi connectivity index (χ2n) is 4.74. The van der Waals surface area contributed by atoms with Crippen molar-refractivity contribution in [3.8, 4) is 0 Å². The first-order valence-electron chi connectivity index (χ1n) is 6.04. The van der Waals surface area contributed by atoms with Gasteiger partial charge in [0.15, 0.2) is 0 Å². The van der Waals surface area contributed by atoms with Gasteiger partial charge in [-0.3, -0.25) is 0 Å². The molecule has 2 rings (SSSR count). The fourth-order valence-electron chi connectivity index (χ4n) is 2.16. The molecule has 0 amide bonds. The maximum Gasteiger partial charge on any atom is 0.0897 e. The smallest absolute Gasteiger partial charge is 0.0897 e. The normalized spacial score (nSPS) is 19.1. The van der Waals surface area contributed by atoms with Crippen LogP contribution in [0.2, 0.25) is 0 Å². The zero-order valence-electron chi connectivity index (χ0n) is 10.2. The Kier molecular flexibility index (Phi) is 4.32. The minimum Gasteiger partial charge on any atom is -0.311 e. The highest BCUT2D eigenvalue weighted by Gasteiger charge is 2.15. The van der Waals surface area contributed by atoms with E-state index in [0.29, 0.717) is 0 Å². The van der Waals surface area contributed by atoms with Crippen LogP contribution in [0.3, 0.4) is 0 Å². The van der Waals surface area contributed by atoms with Crippen LogP contribution >= 0.6 is 11.3 Å². The SMILES string of the molecule is Cc1nc(CNCC2CCN(C)CC2)cs1. The van der Waals surface area contributed by atoms with E-state index in [1.54, 1.807) is 11.3 Å². The second-order valence-corrected chi connectivity index (χ2v) is 5.80. The van der Waals surface area contributed by atoms with Gasteiger partial charge in [-0.1, -0.05) is 0 Å². The molecule has 1 saturated heterocycles. The van der Waals surface area contributed by atoms with E-state index < -0.39 is 0 Å². The van der Waals surface area contributed by atoms with Crippen molar-refractivity contribution in [2.45, 2.75) is 26.3 Å². The molecule has 1 aliphatic heterocycles. The predicted octanol–water partition coefficient (Wildman–Crippen LogP) is 1.88. The lowest BCUT2D eigenvalue weighted by molar-refractivity contribution is 0.216. The van der Waals surface area contributed by atoms with Crippen molar-refractivity contribution in [1.29, 1.82) is 0 Å². The fraction of sp³-hybridized carbons (Fsp3) is 0.750. The number of hydrogen-bond acceptors (Lipinski definition) is 4. The molecule has 2 heterocycles. The minimum atomic E-state index is 0.857. The van der Waals surface area contributed by atoms with Gasteiger partial charge in [0.25, 0.3) is 0 Å². The summed E-state index contributed by atoms with van der Waals surface area (Å²) in [5.41, 5.74) is 1.19. The number of nitrogens with one attached hydrogen (secondary N) is 1. The van der Waals surface area contributed by atoms with Crippen molar-refractivity contribution in [2.24, 2.45) is 5.92 Å². The Balaban J connectivity index is 1.64. The lowest BCUT2D eigenvalue weighted by Gasteiger charge is -2.28. The molecule has 1 aliphatic rings. The van der Waals surface area contributed by atoms with Crippen LogP contribution in [0.4, 0.5) is 0 Å². The van der Waals surface area contributed by atoms with Crippen molar-refractivity contribution in [1.82, 2.24) is 15.2 Å². The third-order valence-corrected chi connectivity index (χ3v) is 4.07. The molecule has 90 valence electrons. The third kappa shape index (κ3) is 3.54. The van der Waals surface area contributed by atoms with Crippen molar-refractivity contribution in [3.63, 3.8) is 0 Å². The van der Waals surface area contributed by atoms with Crippen molar-refractivity contribution < 1.29 is 0 Å². The first-order valence-corrected chi connectivity index (χ1v) is 6.92. The Hall–Kier alpha value is -0.450. The summed E-state index contributed by atoms with van der Waals surface area (Å²) < 4.78 is 0. The van der Waals surface area contributed by atoms with Crippen LogP contribution in [0.25, 0.3) is 0 Å². The summed E-state index contributed by atoms with van der Waals surface area (Å²) in [6.07, 6.45) is 2.67. The molecule has 3 nitrogen and oxygen atoms in total. The molecule has 0 aromatic carbocycles. The predicted molar refractivity (Wildman–Crippen MR) is 68.8 cm³/mol. The largest absolute Gasteiger partial charge is 0.311 e. The number of thiazole rings is 1. The Morgan fingerprint density at radius 2 is 2.25 bits per heavy atom. The van der Waals surface area contributed by atoms with Gasteiger partial charge in [0.2, 0.25) is 0 Å². The molecule has 0 saturated carbocycles. The standard InChI is InChI=1S/C12H21N3S/c1-10-14-12(9-16-10)8-13-7-11-3-5-15(2)6-4-11/h9,11,13H,3-8H2,1-2H3. The van der Waals surface area contributed by atoms with E-state index in [-0.39, 0.29) is 0 Å². The average Bonchev–Trinajstić information content (AvgIpc) is 2.67. The lowest BCUT2D eigenvalue weighted by Crippen LogP contribution is -2.34. The number of nitrogens with zero attached hydrogens (tertiary/aromatic N) is 2. The fourth-order valence-corrected chi connectivity index (χ4v) is 2.77. The van der Waals surface area contributed by atoms with Gasteiger partial charge in [0.1, 0.15) is 0 Å². The van der Waals surface area contributed by atoms with E-state index in [2.05, 4.69) is 34.6 Å². The molecular weight excluding hydrogens is 218 g/mol. The Morgan fingerprint density at radius 3 is 2.88 bits per heavy atom. The highest BCUT2D eigenvalue weighted by molar-refractivity contribution is 7.09. The third-order valence-electron chi connectivity index (χ3n) is 3.24. The lowest BCUT2D eigenvalue weighted by atomic mass is 9.97. The maximum absolute atomic E-state index is 4.45. The summed E-state index contributed by atoms with van der Waals surface area (Å²) in [5.74, 6) is 0.857. The summed E-state index contributed by atoms with van der Waals surface area (Å²) in [4.78, 5) is 6.87. The van der Waals surface area contributed by atoms with E-state index in [1.807, 2.05) is 0 Å². The Labute approximate surface area is 102 Å². The number of likely N-dealkylation sites (tertiary alicyclic amines) is 1. The van der Waals surface area contributed by atoms with E-state index in [4.69, 9.17) is 0 Å². The maximum atomic E-state index is 4.45. The highest BCUT2D eigenvalue weighted by atomic mass is 32.1. The van der Waals surface area contributed by atoms with Gasteiger partial charge in [-0.25, -0.2) is 4.98 Å². The van der Waals surface area contributed by atoms with Gasteiger partial charge < -0.3 is 10.2 Å². The van der Waals surface area contributed by atoms with E-state index in [1.165, 1.54) is 31.6 Å². The van der Waals surface area contributed by atoms with Crippen LogP contribution in [0.15, 0.2) is 5.38 Å². The van der Waals surface area contributed by atoms with Crippen LogP contribution in [-0.4, -0.2) is 36.6 Å². The monoisotopic (exact) mass is 239 g/mol. The minimum absolute atomic E-state index is 0.857. The number of aromatic nitrogens is 1. The molecule has 0 unspecified atom stereocenters. The molecule has 16 heavy (non-hydrogen) atoms. The zero-order chi connectivity index (χ0) is 11.4. The molecule has 0 radical (unpaired) electrons. The summed E-state index contributed by atoms with van der Waals surface area (Å²) in [5, 5.41) is 6.84. The van der Waals surface area contributed by atoms with Gasteiger partial charge in [-0.15, -0.1) is 11.3 Å². The molecule has 1 aromatic rings. The van der Waals surface area contributed by atoms with Crippen LogP contribution in [0, 0.1) is 12.8 Å². The Bertz CT molecular complexity index is 316. The van der Waals surface area contributed by atoms with Crippen molar-refractivity contribution in [3.05, 3.63) is 16.1 Å². The highest BCUT2D eigenvalue weighted by Crippen LogP contribution is 2.15. The summed E-state index contributed by atoms with van der Waals surface area (Å²) in [6, 6.07) is 0. The van der Waals surface area contributed by atoms with E-state index in [0.717, 1.165) is 24.0 Å². The first-order chi connectivity index (χ1) is 7.74. The molecule has 0 atom stereocenters. The van der Waals surface area contributed by atoms with Crippen LogP contribution < -0.4 is 5.32 Å². The molecule has 1 aromatic heterocycles. The molecular formula is C12H21N3S. The quantitative estimate of drug-likeness (QED) is 0.869. The van der Waals surface area contributed by atoms with Crippen LogP contribution in [-0.2, 0) is 6.54 Å². The molecule has 1 N–H and O–H groups in total. The van der Waals surface area contributed by atoms with E-state index >= 15 is 0 Å². The van der Waals surface area contributed by atoms with Crippen LogP contribution in [0.1, 0.15) is 23.5 Å². The van der Waals surface area contributed by atoms with Crippen molar-refractivity contribution in [2.75, 3.05) is 26.7 Å². The van der Waals surface area contributed by atoms with Gasteiger partial charge in [0.05, 0.1) is 10.7 Å². The van der Waals surface area contributed by atoms with Gasteiger partial charge in [-0.05, 0) is 52.4 Å². The second kappa shape index (κ2) is 5.75. The zero-order valence-corrected chi connectivity index (χ0v) is 11.0. The topological polar surface area (TPSA) is 28.2 Å². The summed E-state index contributed by atoms with van der Waals surface area (Å²) in [7, 11) is 2.21. The molecule has 1 fully saturated rings. The number of piperidine rings is 1. The first kappa shape index (κ1) is 12.0. The Morgan fingerprint density at radius 1 is 1.50 bits per heavy atom. The number of aryl methyl sites for hydroxylation is 1. The molecule has 0 spiro atoms. The summed E-state index contributed by atoms with van der Waals surface area (Å²) >= 11 is 1.73. The van der Waals surface area contributed by atoms with Crippen LogP contribution in [0.5, 0.6) is 0 Å². The molecule has 0 bridgehead atoms. The summed E-state index contributed by atoms with van der Waals surface area (Å²) in [6.45, 7) is 6.64. The molecule has 4 heteroatoms. The molecule has 0 aliphatic carbocycles. The average molecular weight is 239 g/mol. The number of hydrogen-bond donors (Lipinski definition) is 1. The van der Waals surface area contributed by atoms with E-state index in [9.17, 15) is 0 Å².